The van der Waals surface area contributed by atoms with Gasteiger partial charge in [-0.1, -0.05) is 45.3 Å². The third-order valence-electron chi connectivity index (χ3n) is 4.98. The molecule has 0 aliphatic carbocycles. The van der Waals surface area contributed by atoms with Gasteiger partial charge in [0.15, 0.2) is 0 Å². The molecule has 2 amide bonds. The highest BCUT2D eigenvalue weighted by atomic mass is 16.4. The highest BCUT2D eigenvalue weighted by Crippen LogP contribution is 2.28. The fourth-order valence-electron chi connectivity index (χ4n) is 3.37. The monoisotopic (exact) mass is 367 g/mol. The van der Waals surface area contributed by atoms with Gasteiger partial charge >= 0.3 is 5.97 Å². The summed E-state index contributed by atoms with van der Waals surface area (Å²) in [7, 11) is 0. The second-order valence-electron chi connectivity index (χ2n) is 7.44. The number of rotatable bonds is 13. The third kappa shape index (κ3) is 8.13. The second kappa shape index (κ2) is 11.8. The number of allylic oxidation sites excluding steroid dienone is 2. The van der Waals surface area contributed by atoms with Crippen molar-refractivity contribution in [2.75, 3.05) is 0 Å². The number of carbonyl (C=O) groups excluding carboxylic acids is 2. The van der Waals surface area contributed by atoms with Crippen molar-refractivity contribution in [3.8, 4) is 0 Å². The van der Waals surface area contributed by atoms with Crippen LogP contribution in [0.5, 0.6) is 0 Å². The molecule has 0 spiro atoms. The standard InChI is InChI=1S/C20H33NO5/c1-3-4-5-9-15(22)11-12-17-16(19(25)21-20(17)26)10-7-6-8-14(2)13-18(23)24/h6-7,14-17,22H,3-5,8-13H2,1-2H3,(H,23,24)(H,21,25,26)/b7-6-/t14-,15-,16-,17-/m0/s1. The Balaban J connectivity index is 2.45. The summed E-state index contributed by atoms with van der Waals surface area (Å²) in [5, 5.41) is 21.2. The lowest BCUT2D eigenvalue weighted by atomic mass is 9.86. The number of hydrogen-bond donors (Lipinski definition) is 3. The van der Waals surface area contributed by atoms with Gasteiger partial charge in [-0.05, 0) is 38.0 Å². The molecule has 1 fully saturated rings. The smallest absolute Gasteiger partial charge is 0.303 e. The number of hydrogen-bond acceptors (Lipinski definition) is 4. The number of carbonyl (C=O) groups is 3. The van der Waals surface area contributed by atoms with Crippen LogP contribution < -0.4 is 5.32 Å². The Hall–Kier alpha value is -1.69. The SMILES string of the molecule is CCCCC[C@H](O)CC[C@@H]1C(=O)NC(=O)[C@H]1C/C=C\C[C@H](C)CC(=O)O. The molecule has 0 aromatic heterocycles. The Morgan fingerprint density at radius 3 is 2.50 bits per heavy atom. The van der Waals surface area contributed by atoms with Crippen molar-refractivity contribution in [2.45, 2.75) is 77.7 Å². The molecule has 3 N–H and O–H groups in total. The van der Waals surface area contributed by atoms with E-state index < -0.39 is 18.0 Å². The van der Waals surface area contributed by atoms with Crippen LogP contribution in [0.1, 0.15) is 71.6 Å². The van der Waals surface area contributed by atoms with Crippen LogP contribution in [0.15, 0.2) is 12.2 Å². The molecule has 6 nitrogen and oxygen atoms in total. The second-order valence-corrected chi connectivity index (χ2v) is 7.44. The number of unbranched alkanes of at least 4 members (excludes halogenated alkanes) is 2. The minimum absolute atomic E-state index is 0.0388. The van der Waals surface area contributed by atoms with E-state index in [2.05, 4.69) is 12.2 Å². The molecule has 0 aromatic rings. The number of imide groups is 1. The molecule has 1 saturated heterocycles. The Bertz CT molecular complexity index is 502. The number of nitrogens with one attached hydrogen (secondary N) is 1. The first-order valence-corrected chi connectivity index (χ1v) is 9.74. The molecule has 0 aromatic carbocycles. The number of aliphatic hydroxyl groups is 1. The Kier molecular flexibility index (Phi) is 10.2. The molecule has 1 aliphatic rings. The van der Waals surface area contributed by atoms with E-state index in [1.165, 1.54) is 0 Å². The lowest BCUT2D eigenvalue weighted by Gasteiger charge is -2.16. The van der Waals surface area contributed by atoms with Crippen molar-refractivity contribution in [2.24, 2.45) is 17.8 Å². The predicted octanol–water partition coefficient (Wildman–Crippen LogP) is 3.04. The summed E-state index contributed by atoms with van der Waals surface area (Å²) >= 11 is 0. The van der Waals surface area contributed by atoms with E-state index in [1.54, 1.807) is 0 Å². The van der Waals surface area contributed by atoms with Gasteiger partial charge in [-0.25, -0.2) is 0 Å². The molecule has 1 heterocycles. The van der Waals surface area contributed by atoms with E-state index in [0.29, 0.717) is 25.7 Å². The van der Waals surface area contributed by atoms with Gasteiger partial charge in [0.2, 0.25) is 11.8 Å². The van der Waals surface area contributed by atoms with Crippen molar-refractivity contribution in [3.05, 3.63) is 12.2 Å². The lowest BCUT2D eigenvalue weighted by Crippen LogP contribution is -2.22. The molecular weight excluding hydrogens is 334 g/mol. The van der Waals surface area contributed by atoms with Crippen molar-refractivity contribution in [1.82, 2.24) is 5.32 Å². The molecule has 148 valence electrons. The van der Waals surface area contributed by atoms with Gasteiger partial charge in [-0.15, -0.1) is 0 Å². The van der Waals surface area contributed by atoms with Gasteiger partial charge < -0.3 is 10.2 Å². The zero-order valence-electron chi connectivity index (χ0n) is 15.9. The van der Waals surface area contributed by atoms with Crippen LogP contribution in [0.25, 0.3) is 0 Å². The van der Waals surface area contributed by atoms with Crippen LogP contribution >= 0.6 is 0 Å². The highest BCUT2D eigenvalue weighted by Gasteiger charge is 2.40. The highest BCUT2D eigenvalue weighted by molar-refractivity contribution is 6.05. The maximum atomic E-state index is 12.0. The topological polar surface area (TPSA) is 104 Å². The molecule has 1 aliphatic heterocycles. The van der Waals surface area contributed by atoms with Crippen LogP contribution in [0.3, 0.4) is 0 Å². The number of amides is 2. The summed E-state index contributed by atoms with van der Waals surface area (Å²) in [5.74, 6) is -2.04. The molecule has 0 unspecified atom stereocenters. The maximum Gasteiger partial charge on any atom is 0.303 e. The Morgan fingerprint density at radius 2 is 1.85 bits per heavy atom. The molecular formula is C20H33NO5. The lowest BCUT2D eigenvalue weighted by molar-refractivity contribution is -0.138. The summed E-state index contributed by atoms with van der Waals surface area (Å²) < 4.78 is 0. The first-order valence-electron chi connectivity index (χ1n) is 9.74. The summed E-state index contributed by atoms with van der Waals surface area (Å²) in [6.07, 6.45) is 9.51. The zero-order valence-corrected chi connectivity index (χ0v) is 15.9. The van der Waals surface area contributed by atoms with Gasteiger partial charge in [0.05, 0.1) is 17.9 Å². The molecule has 0 bridgehead atoms. The van der Waals surface area contributed by atoms with E-state index in [0.717, 1.165) is 25.7 Å². The molecule has 4 atom stereocenters. The van der Waals surface area contributed by atoms with Gasteiger partial charge in [-0.3, -0.25) is 19.7 Å². The summed E-state index contributed by atoms with van der Waals surface area (Å²) in [6.45, 7) is 3.98. The molecule has 0 radical (unpaired) electrons. The largest absolute Gasteiger partial charge is 0.481 e. The maximum absolute atomic E-state index is 12.0. The van der Waals surface area contributed by atoms with Crippen LogP contribution in [-0.2, 0) is 14.4 Å². The Morgan fingerprint density at radius 1 is 1.15 bits per heavy atom. The molecule has 0 saturated carbocycles. The number of carboxylic acid groups (broad SMARTS) is 1. The predicted molar refractivity (Wildman–Crippen MR) is 99.3 cm³/mol. The molecule has 6 heteroatoms. The fourth-order valence-corrected chi connectivity index (χ4v) is 3.37. The number of aliphatic hydroxyl groups excluding tert-OH is 1. The van der Waals surface area contributed by atoms with E-state index >= 15 is 0 Å². The van der Waals surface area contributed by atoms with Gasteiger partial charge in [0.25, 0.3) is 0 Å². The Labute approximate surface area is 156 Å². The van der Waals surface area contributed by atoms with Crippen molar-refractivity contribution >= 4 is 17.8 Å². The average molecular weight is 367 g/mol. The van der Waals surface area contributed by atoms with Crippen molar-refractivity contribution in [1.29, 1.82) is 0 Å². The number of carboxylic acids is 1. The van der Waals surface area contributed by atoms with Gasteiger partial charge in [0, 0.05) is 6.42 Å². The summed E-state index contributed by atoms with van der Waals surface area (Å²) in [6, 6.07) is 0. The zero-order chi connectivity index (χ0) is 19.5. The average Bonchev–Trinajstić information content (AvgIpc) is 2.82. The minimum Gasteiger partial charge on any atom is -0.481 e. The molecule has 26 heavy (non-hydrogen) atoms. The molecule has 1 rings (SSSR count). The van der Waals surface area contributed by atoms with E-state index in [9.17, 15) is 19.5 Å². The van der Waals surface area contributed by atoms with Crippen LogP contribution in [-0.4, -0.2) is 34.1 Å². The third-order valence-corrected chi connectivity index (χ3v) is 4.98. The summed E-state index contributed by atoms with van der Waals surface area (Å²) in [5.41, 5.74) is 0. The fraction of sp³-hybridized carbons (Fsp3) is 0.750. The van der Waals surface area contributed by atoms with Crippen LogP contribution in [0.2, 0.25) is 0 Å². The normalized spacial score (nSPS) is 22.6. The quantitative estimate of drug-likeness (QED) is 0.264. The van der Waals surface area contributed by atoms with Crippen molar-refractivity contribution in [3.63, 3.8) is 0 Å². The van der Waals surface area contributed by atoms with Gasteiger partial charge in [0.1, 0.15) is 0 Å². The van der Waals surface area contributed by atoms with Gasteiger partial charge in [-0.2, -0.15) is 0 Å². The number of aliphatic carboxylic acids is 1. The van der Waals surface area contributed by atoms with E-state index in [4.69, 9.17) is 5.11 Å². The van der Waals surface area contributed by atoms with Crippen molar-refractivity contribution < 1.29 is 24.6 Å². The van der Waals surface area contributed by atoms with Crippen LogP contribution in [0, 0.1) is 17.8 Å². The summed E-state index contributed by atoms with van der Waals surface area (Å²) in [4.78, 5) is 34.7. The van der Waals surface area contributed by atoms with E-state index in [-0.39, 0.29) is 30.1 Å². The van der Waals surface area contributed by atoms with E-state index in [1.807, 2.05) is 19.1 Å². The van der Waals surface area contributed by atoms with Crippen LogP contribution in [0.4, 0.5) is 0 Å². The minimum atomic E-state index is -0.816. The first kappa shape index (κ1) is 22.4. The first-order chi connectivity index (χ1) is 12.3.